The van der Waals surface area contributed by atoms with Crippen molar-refractivity contribution in [2.75, 3.05) is 13.3 Å². The third kappa shape index (κ3) is 4.39. The highest BCUT2D eigenvalue weighted by molar-refractivity contribution is 5.92. The van der Waals surface area contributed by atoms with Gasteiger partial charge in [-0.05, 0) is 30.7 Å². The van der Waals surface area contributed by atoms with E-state index in [4.69, 9.17) is 18.3 Å². The van der Waals surface area contributed by atoms with Crippen molar-refractivity contribution in [3.05, 3.63) is 58.2 Å². The summed E-state index contributed by atoms with van der Waals surface area (Å²) < 4.78 is 21.2. The number of carbonyl (C=O) groups excluding carboxylic acids is 1. The summed E-state index contributed by atoms with van der Waals surface area (Å²) in [6.45, 7) is 2.45. The first kappa shape index (κ1) is 20.1. The molecular formula is C20H18N4O7. The van der Waals surface area contributed by atoms with Crippen LogP contribution in [0.4, 0.5) is 5.69 Å². The normalized spacial score (nSPS) is 12.4. The largest absolute Gasteiger partial charge is 0.459 e. The third-order valence-electron chi connectivity index (χ3n) is 4.45. The highest BCUT2D eigenvalue weighted by Crippen LogP contribution is 2.38. The molecule has 3 heterocycles. The third-order valence-corrected chi connectivity index (χ3v) is 4.45. The molecule has 11 heteroatoms. The summed E-state index contributed by atoms with van der Waals surface area (Å²) in [7, 11) is 0. The fourth-order valence-electron chi connectivity index (χ4n) is 3.02. The van der Waals surface area contributed by atoms with Crippen LogP contribution in [0.3, 0.4) is 0 Å². The second kappa shape index (κ2) is 8.69. The SMILES string of the molecule is CCCN(Cc1nnc(-c2ccco2)o1)C(=O)/C=C/c1cc2c(cc1[N+](=O)[O-])OCO2. The molecule has 0 N–H and O–H groups in total. The predicted molar refractivity (Wildman–Crippen MR) is 106 cm³/mol. The minimum Gasteiger partial charge on any atom is -0.459 e. The molecule has 4 rings (SSSR count). The zero-order chi connectivity index (χ0) is 21.8. The number of nitrogens with zero attached hydrogens (tertiary/aromatic N) is 4. The summed E-state index contributed by atoms with van der Waals surface area (Å²) in [6, 6.07) is 6.15. The molecule has 1 aliphatic heterocycles. The molecular weight excluding hydrogens is 408 g/mol. The van der Waals surface area contributed by atoms with E-state index in [1.165, 1.54) is 35.4 Å². The van der Waals surface area contributed by atoms with Gasteiger partial charge in [0.1, 0.15) is 0 Å². The average Bonchev–Trinajstić information content (AvgIpc) is 3.51. The molecule has 160 valence electrons. The number of furan rings is 1. The van der Waals surface area contributed by atoms with E-state index in [-0.39, 0.29) is 42.3 Å². The average molecular weight is 426 g/mol. The number of amides is 1. The first-order chi connectivity index (χ1) is 15.0. The zero-order valence-corrected chi connectivity index (χ0v) is 16.5. The summed E-state index contributed by atoms with van der Waals surface area (Å²) in [5.41, 5.74) is 0.0484. The van der Waals surface area contributed by atoms with Gasteiger partial charge in [-0.15, -0.1) is 10.2 Å². The van der Waals surface area contributed by atoms with Gasteiger partial charge in [0.05, 0.1) is 29.4 Å². The van der Waals surface area contributed by atoms with Crippen molar-refractivity contribution in [2.24, 2.45) is 0 Å². The molecule has 11 nitrogen and oxygen atoms in total. The van der Waals surface area contributed by atoms with Crippen molar-refractivity contribution in [1.29, 1.82) is 0 Å². The number of rotatable bonds is 8. The van der Waals surface area contributed by atoms with E-state index in [0.29, 0.717) is 30.2 Å². The van der Waals surface area contributed by atoms with Crippen LogP contribution in [0.5, 0.6) is 11.5 Å². The number of hydrogen-bond donors (Lipinski definition) is 0. The Morgan fingerprint density at radius 1 is 1.29 bits per heavy atom. The van der Waals surface area contributed by atoms with Crippen molar-refractivity contribution in [3.63, 3.8) is 0 Å². The summed E-state index contributed by atoms with van der Waals surface area (Å²) in [5.74, 6) is 1.23. The van der Waals surface area contributed by atoms with E-state index in [2.05, 4.69) is 10.2 Å². The molecule has 0 saturated heterocycles. The summed E-state index contributed by atoms with van der Waals surface area (Å²) >= 11 is 0. The Kier molecular flexibility index (Phi) is 5.65. The monoisotopic (exact) mass is 426 g/mol. The summed E-state index contributed by atoms with van der Waals surface area (Å²) in [4.78, 5) is 25.1. The van der Waals surface area contributed by atoms with E-state index in [0.717, 1.165) is 0 Å². The van der Waals surface area contributed by atoms with E-state index < -0.39 is 4.92 Å². The molecule has 31 heavy (non-hydrogen) atoms. The second-order valence-corrected chi connectivity index (χ2v) is 6.59. The molecule has 1 aliphatic rings. The quantitative estimate of drug-likeness (QED) is 0.302. The lowest BCUT2D eigenvalue weighted by Gasteiger charge is -2.18. The van der Waals surface area contributed by atoms with Crippen LogP contribution in [0.25, 0.3) is 17.7 Å². The maximum Gasteiger partial charge on any atom is 0.283 e. The Morgan fingerprint density at radius 3 is 2.81 bits per heavy atom. The van der Waals surface area contributed by atoms with Gasteiger partial charge in [0, 0.05) is 12.6 Å². The molecule has 0 unspecified atom stereocenters. The van der Waals surface area contributed by atoms with Crippen LogP contribution in [0.2, 0.25) is 0 Å². The van der Waals surface area contributed by atoms with Crippen molar-refractivity contribution in [2.45, 2.75) is 19.9 Å². The van der Waals surface area contributed by atoms with Crippen LogP contribution < -0.4 is 9.47 Å². The van der Waals surface area contributed by atoms with Gasteiger partial charge in [-0.25, -0.2) is 0 Å². The van der Waals surface area contributed by atoms with Gasteiger partial charge < -0.3 is 23.2 Å². The Balaban J connectivity index is 1.51. The Bertz CT molecular complexity index is 1120. The van der Waals surface area contributed by atoms with Crippen LogP contribution in [0.15, 0.2) is 45.4 Å². The fourth-order valence-corrected chi connectivity index (χ4v) is 3.02. The molecule has 1 amide bonds. The van der Waals surface area contributed by atoms with Crippen LogP contribution in [0, 0.1) is 10.1 Å². The predicted octanol–water partition coefficient (Wildman–Crippen LogP) is 3.42. The number of hydrogen-bond acceptors (Lipinski definition) is 9. The van der Waals surface area contributed by atoms with Crippen molar-refractivity contribution < 1.29 is 28.0 Å². The van der Waals surface area contributed by atoms with E-state index in [1.54, 1.807) is 12.1 Å². The molecule has 3 aromatic rings. The maximum atomic E-state index is 12.8. The van der Waals surface area contributed by atoms with Crippen LogP contribution >= 0.6 is 0 Å². The zero-order valence-electron chi connectivity index (χ0n) is 16.5. The minimum absolute atomic E-state index is 0.00691. The number of nitro benzene ring substituents is 1. The molecule has 0 fully saturated rings. The molecule has 1 aromatic carbocycles. The Labute approximate surface area is 176 Å². The standard InChI is InChI=1S/C20H18N4O7/c1-2-7-23(11-18-21-22-20(31-18)15-4-3-8-28-15)19(25)6-5-13-9-16-17(30-12-29-16)10-14(13)24(26)27/h3-6,8-10H,2,7,11-12H2,1H3/b6-5+. The molecule has 2 aromatic heterocycles. The molecule has 0 atom stereocenters. The highest BCUT2D eigenvalue weighted by atomic mass is 16.7. The van der Waals surface area contributed by atoms with Gasteiger partial charge in [-0.3, -0.25) is 14.9 Å². The maximum absolute atomic E-state index is 12.8. The van der Waals surface area contributed by atoms with Crippen molar-refractivity contribution >= 4 is 17.7 Å². The molecule has 0 spiro atoms. The van der Waals surface area contributed by atoms with E-state index in [1.807, 2.05) is 6.92 Å². The van der Waals surface area contributed by atoms with Gasteiger partial charge in [-0.1, -0.05) is 6.92 Å². The smallest absolute Gasteiger partial charge is 0.283 e. The molecule has 0 bridgehead atoms. The lowest BCUT2D eigenvalue weighted by atomic mass is 10.1. The number of ether oxygens (including phenoxy) is 2. The van der Waals surface area contributed by atoms with Gasteiger partial charge in [-0.2, -0.15) is 0 Å². The topological polar surface area (TPSA) is 134 Å². The number of carbonyl (C=O) groups is 1. The van der Waals surface area contributed by atoms with Gasteiger partial charge in [0.25, 0.3) is 11.6 Å². The van der Waals surface area contributed by atoms with E-state index in [9.17, 15) is 14.9 Å². The number of fused-ring (bicyclic) bond motifs is 1. The van der Waals surface area contributed by atoms with Gasteiger partial charge >= 0.3 is 0 Å². The number of aromatic nitrogens is 2. The van der Waals surface area contributed by atoms with Gasteiger partial charge in [0.15, 0.2) is 17.3 Å². The minimum atomic E-state index is -0.537. The highest BCUT2D eigenvalue weighted by Gasteiger charge is 2.23. The summed E-state index contributed by atoms with van der Waals surface area (Å²) in [5, 5.41) is 19.3. The van der Waals surface area contributed by atoms with Crippen molar-refractivity contribution in [3.8, 4) is 23.1 Å². The van der Waals surface area contributed by atoms with Crippen molar-refractivity contribution in [1.82, 2.24) is 15.1 Å². The Morgan fingerprint density at radius 2 is 2.10 bits per heavy atom. The van der Waals surface area contributed by atoms with Crippen LogP contribution in [-0.4, -0.2) is 39.3 Å². The number of benzene rings is 1. The molecule has 0 aliphatic carbocycles. The number of nitro groups is 1. The Hall–Kier alpha value is -4.15. The first-order valence-corrected chi connectivity index (χ1v) is 9.46. The lowest BCUT2D eigenvalue weighted by molar-refractivity contribution is -0.385. The summed E-state index contributed by atoms with van der Waals surface area (Å²) in [6.07, 6.45) is 4.84. The fraction of sp³-hybridized carbons (Fsp3) is 0.250. The first-order valence-electron chi connectivity index (χ1n) is 9.46. The second-order valence-electron chi connectivity index (χ2n) is 6.59. The molecule has 0 saturated carbocycles. The van der Waals surface area contributed by atoms with Crippen LogP contribution in [0.1, 0.15) is 24.8 Å². The van der Waals surface area contributed by atoms with E-state index >= 15 is 0 Å². The lowest BCUT2D eigenvalue weighted by Crippen LogP contribution is -2.29. The molecule has 0 radical (unpaired) electrons. The van der Waals surface area contributed by atoms with Gasteiger partial charge in [0.2, 0.25) is 18.6 Å². The van der Waals surface area contributed by atoms with Crippen LogP contribution in [-0.2, 0) is 11.3 Å².